The molecule has 2 bridgehead atoms. The molecule has 28 heavy (non-hydrogen) atoms. The molecule has 4 nitrogen and oxygen atoms in total. The minimum absolute atomic E-state index is 0.0790. The number of amides is 2. The normalized spacial score (nSPS) is 28.4. The fourth-order valence-corrected chi connectivity index (χ4v) is 5.53. The van der Waals surface area contributed by atoms with Crippen LogP contribution in [-0.4, -0.2) is 35.8 Å². The summed E-state index contributed by atoms with van der Waals surface area (Å²) in [4.78, 5) is 26.7. The van der Waals surface area contributed by atoms with Crippen LogP contribution in [0.2, 0.25) is 0 Å². The summed E-state index contributed by atoms with van der Waals surface area (Å²) in [6, 6.07) is 3.21. The molecule has 3 aliphatic rings. The first-order valence-corrected chi connectivity index (χ1v) is 10.5. The summed E-state index contributed by atoms with van der Waals surface area (Å²) in [5.74, 6) is 0.218. The van der Waals surface area contributed by atoms with Gasteiger partial charge in [0.05, 0.1) is 5.56 Å². The van der Waals surface area contributed by atoms with Crippen LogP contribution in [-0.2, 0) is 4.79 Å². The first-order chi connectivity index (χ1) is 13.4. The summed E-state index contributed by atoms with van der Waals surface area (Å²) < 4.78 is 26.9. The van der Waals surface area contributed by atoms with Gasteiger partial charge in [-0.3, -0.25) is 9.59 Å². The molecule has 0 aromatic heterocycles. The molecule has 1 aromatic rings. The van der Waals surface area contributed by atoms with Gasteiger partial charge in [0.1, 0.15) is 11.6 Å². The van der Waals surface area contributed by atoms with Gasteiger partial charge in [0, 0.05) is 31.1 Å². The molecule has 0 unspecified atom stereocenters. The molecule has 1 N–H and O–H groups in total. The molecule has 4 rings (SSSR count). The third kappa shape index (κ3) is 3.78. The smallest absolute Gasteiger partial charge is 0.256 e. The zero-order chi connectivity index (χ0) is 19.8. The minimum atomic E-state index is -0.843. The largest absolute Gasteiger partial charge is 0.353 e. The summed E-state index contributed by atoms with van der Waals surface area (Å²) in [6.07, 6.45) is 6.36. The maximum absolute atomic E-state index is 13.9. The molecule has 6 heteroatoms. The Hall–Kier alpha value is -1.98. The quantitative estimate of drug-likeness (QED) is 0.851. The number of likely N-dealkylation sites (tertiary alicyclic amines) is 1. The van der Waals surface area contributed by atoms with Crippen LogP contribution in [0.3, 0.4) is 0 Å². The van der Waals surface area contributed by atoms with E-state index in [0.717, 1.165) is 24.0 Å². The van der Waals surface area contributed by atoms with Gasteiger partial charge in [-0.1, -0.05) is 6.42 Å². The Kier molecular flexibility index (Phi) is 5.39. The number of hydrogen-bond acceptors (Lipinski definition) is 2. The van der Waals surface area contributed by atoms with Crippen molar-refractivity contribution in [2.75, 3.05) is 13.1 Å². The topological polar surface area (TPSA) is 49.4 Å². The minimum Gasteiger partial charge on any atom is -0.353 e. The summed E-state index contributed by atoms with van der Waals surface area (Å²) in [5.41, 5.74) is -0.116. The maximum atomic E-state index is 13.9. The lowest BCUT2D eigenvalue weighted by Gasteiger charge is -2.34. The number of hydrogen-bond donors (Lipinski definition) is 1. The molecule has 0 spiro atoms. The van der Waals surface area contributed by atoms with Crippen LogP contribution in [0.25, 0.3) is 0 Å². The Balaban J connectivity index is 1.28. The van der Waals surface area contributed by atoms with Gasteiger partial charge in [0.25, 0.3) is 5.91 Å². The third-order valence-corrected chi connectivity index (χ3v) is 7.12. The second kappa shape index (κ2) is 7.80. The molecule has 152 valence electrons. The molecular formula is C22H28F2N2O2. The van der Waals surface area contributed by atoms with Crippen molar-refractivity contribution in [1.82, 2.24) is 10.2 Å². The molecular weight excluding hydrogens is 362 g/mol. The number of fused-ring (bicyclic) bond motifs is 2. The van der Waals surface area contributed by atoms with Crippen LogP contribution in [0, 0.1) is 35.3 Å². The number of carbonyl (C=O) groups excluding carboxylic acids is 2. The second-order valence-electron chi connectivity index (χ2n) is 8.83. The number of halogens is 2. The zero-order valence-electron chi connectivity index (χ0n) is 16.3. The van der Waals surface area contributed by atoms with Gasteiger partial charge in [0.15, 0.2) is 0 Å². The van der Waals surface area contributed by atoms with Crippen molar-refractivity contribution in [3.63, 3.8) is 0 Å². The Bertz CT molecular complexity index is 761. The van der Waals surface area contributed by atoms with Gasteiger partial charge >= 0.3 is 0 Å². The van der Waals surface area contributed by atoms with Crippen LogP contribution in [0.5, 0.6) is 0 Å². The van der Waals surface area contributed by atoms with Crippen molar-refractivity contribution >= 4 is 11.8 Å². The highest BCUT2D eigenvalue weighted by molar-refractivity contribution is 5.94. The average molecular weight is 390 g/mol. The van der Waals surface area contributed by atoms with Crippen molar-refractivity contribution in [3.05, 3.63) is 35.4 Å². The Labute approximate surface area is 164 Å². The van der Waals surface area contributed by atoms with E-state index in [-0.39, 0.29) is 23.4 Å². The van der Waals surface area contributed by atoms with Gasteiger partial charge in [-0.25, -0.2) is 8.78 Å². The molecule has 2 saturated carbocycles. The van der Waals surface area contributed by atoms with E-state index in [4.69, 9.17) is 0 Å². The highest BCUT2D eigenvalue weighted by Gasteiger charge is 2.42. The molecule has 1 saturated heterocycles. The highest BCUT2D eigenvalue weighted by atomic mass is 19.1. The average Bonchev–Trinajstić information content (AvgIpc) is 3.31. The van der Waals surface area contributed by atoms with Crippen molar-refractivity contribution in [3.8, 4) is 0 Å². The van der Waals surface area contributed by atoms with Gasteiger partial charge in [-0.05, 0) is 68.9 Å². The van der Waals surface area contributed by atoms with E-state index in [9.17, 15) is 18.4 Å². The van der Waals surface area contributed by atoms with Crippen molar-refractivity contribution in [1.29, 1.82) is 0 Å². The molecule has 0 radical (unpaired) electrons. The second-order valence-corrected chi connectivity index (χ2v) is 8.83. The van der Waals surface area contributed by atoms with Crippen LogP contribution >= 0.6 is 0 Å². The van der Waals surface area contributed by atoms with E-state index in [2.05, 4.69) is 12.2 Å². The summed E-state index contributed by atoms with van der Waals surface area (Å²) in [7, 11) is 0. The number of nitrogens with zero attached hydrogens (tertiary/aromatic N) is 1. The number of carbonyl (C=O) groups is 2. The van der Waals surface area contributed by atoms with E-state index in [1.165, 1.54) is 31.7 Å². The summed E-state index contributed by atoms with van der Waals surface area (Å²) in [6.45, 7) is 2.95. The van der Waals surface area contributed by atoms with Crippen LogP contribution in [0.1, 0.15) is 55.8 Å². The standard InChI is InChI=1S/C22H28F2N2O2/c1-13(19-11-14-2-3-16(19)10-14)25-21(27)15-6-8-26(9-7-15)22(28)18-5-4-17(23)12-20(18)24/h4-5,12-16,19H,2-3,6-11H2,1H3,(H,25,27)/t13-,14-,16-,19-/m0/s1. The zero-order valence-corrected chi connectivity index (χ0v) is 16.3. The van der Waals surface area contributed by atoms with Crippen molar-refractivity contribution < 1.29 is 18.4 Å². The monoisotopic (exact) mass is 390 g/mol. The van der Waals surface area contributed by atoms with Crippen molar-refractivity contribution in [2.45, 2.75) is 51.5 Å². The first-order valence-electron chi connectivity index (χ1n) is 10.5. The van der Waals surface area contributed by atoms with E-state index < -0.39 is 17.5 Å². The van der Waals surface area contributed by atoms with E-state index in [1.54, 1.807) is 4.90 Å². The van der Waals surface area contributed by atoms with E-state index in [0.29, 0.717) is 31.8 Å². The maximum Gasteiger partial charge on any atom is 0.256 e. The van der Waals surface area contributed by atoms with Gasteiger partial charge < -0.3 is 10.2 Å². The third-order valence-electron chi connectivity index (χ3n) is 7.12. The lowest BCUT2D eigenvalue weighted by molar-refractivity contribution is -0.127. The Morgan fingerprint density at radius 3 is 2.46 bits per heavy atom. The fourth-order valence-electron chi connectivity index (χ4n) is 5.53. The Morgan fingerprint density at radius 1 is 1.11 bits per heavy atom. The number of nitrogens with one attached hydrogen (secondary N) is 1. The molecule has 1 aliphatic heterocycles. The van der Waals surface area contributed by atoms with Crippen LogP contribution < -0.4 is 5.32 Å². The molecule has 2 amide bonds. The van der Waals surface area contributed by atoms with Crippen molar-refractivity contribution in [2.24, 2.45) is 23.7 Å². The lowest BCUT2D eigenvalue weighted by Crippen LogP contribution is -2.47. The lowest BCUT2D eigenvalue weighted by atomic mass is 9.83. The first kappa shape index (κ1) is 19.3. The number of piperidine rings is 1. The van der Waals surface area contributed by atoms with Gasteiger partial charge in [-0.15, -0.1) is 0 Å². The molecule has 1 aromatic carbocycles. The van der Waals surface area contributed by atoms with Gasteiger partial charge in [0.2, 0.25) is 5.91 Å². The van der Waals surface area contributed by atoms with E-state index in [1.807, 2.05) is 0 Å². The Morgan fingerprint density at radius 2 is 1.86 bits per heavy atom. The number of benzene rings is 1. The molecule has 2 aliphatic carbocycles. The molecule has 3 fully saturated rings. The van der Waals surface area contributed by atoms with Crippen LogP contribution in [0.15, 0.2) is 18.2 Å². The highest BCUT2D eigenvalue weighted by Crippen LogP contribution is 2.49. The number of rotatable bonds is 4. The molecule has 4 atom stereocenters. The fraction of sp³-hybridized carbons (Fsp3) is 0.636. The predicted molar refractivity (Wildman–Crippen MR) is 102 cm³/mol. The molecule has 1 heterocycles. The SMILES string of the molecule is C[C@H](NC(=O)C1CCN(C(=O)c2ccc(F)cc2F)CC1)[C@@H]1C[C@H]2CC[C@H]1C2. The van der Waals surface area contributed by atoms with E-state index >= 15 is 0 Å². The predicted octanol–water partition coefficient (Wildman–Crippen LogP) is 3.76. The van der Waals surface area contributed by atoms with Gasteiger partial charge in [-0.2, -0.15) is 0 Å². The van der Waals surface area contributed by atoms with Crippen LogP contribution in [0.4, 0.5) is 8.78 Å². The summed E-state index contributed by atoms with van der Waals surface area (Å²) >= 11 is 0. The summed E-state index contributed by atoms with van der Waals surface area (Å²) in [5, 5.41) is 3.22.